The standard InChI is InChI=1S/C9H16N4/c1-4-8(11-10)9-6-7(3)12-13(9)5-2/h4,6,8,11H,1,5,10H2,2-3H3. The van der Waals surface area contributed by atoms with Crippen LogP contribution >= 0.6 is 0 Å². The van der Waals surface area contributed by atoms with Crippen LogP contribution in [0.1, 0.15) is 24.4 Å². The van der Waals surface area contributed by atoms with Gasteiger partial charge in [0.1, 0.15) is 0 Å². The molecular formula is C9H16N4. The molecule has 0 fully saturated rings. The van der Waals surface area contributed by atoms with Gasteiger partial charge in [0.05, 0.1) is 17.4 Å². The van der Waals surface area contributed by atoms with E-state index in [-0.39, 0.29) is 6.04 Å². The molecule has 0 radical (unpaired) electrons. The lowest BCUT2D eigenvalue weighted by Crippen LogP contribution is -2.28. The molecule has 0 spiro atoms. The van der Waals surface area contributed by atoms with Crippen molar-refractivity contribution in [2.45, 2.75) is 26.4 Å². The monoisotopic (exact) mass is 180 g/mol. The van der Waals surface area contributed by atoms with Gasteiger partial charge in [0, 0.05) is 6.54 Å². The third-order valence-corrected chi connectivity index (χ3v) is 1.97. The van der Waals surface area contributed by atoms with Crippen LogP contribution in [-0.2, 0) is 6.54 Å². The Balaban J connectivity index is 3.02. The van der Waals surface area contributed by atoms with Crippen LogP contribution in [-0.4, -0.2) is 9.78 Å². The van der Waals surface area contributed by atoms with Gasteiger partial charge in [-0.3, -0.25) is 10.5 Å². The van der Waals surface area contributed by atoms with Gasteiger partial charge in [-0.15, -0.1) is 6.58 Å². The van der Waals surface area contributed by atoms with Crippen molar-refractivity contribution >= 4 is 0 Å². The van der Waals surface area contributed by atoms with Crippen molar-refractivity contribution in [3.8, 4) is 0 Å². The van der Waals surface area contributed by atoms with E-state index in [0.29, 0.717) is 0 Å². The zero-order valence-corrected chi connectivity index (χ0v) is 8.12. The van der Waals surface area contributed by atoms with E-state index in [4.69, 9.17) is 5.84 Å². The number of hydrogen-bond acceptors (Lipinski definition) is 3. The number of hydrazine groups is 1. The molecule has 4 nitrogen and oxygen atoms in total. The second kappa shape index (κ2) is 4.20. The fourth-order valence-corrected chi connectivity index (χ4v) is 1.34. The molecule has 1 unspecified atom stereocenters. The minimum atomic E-state index is -0.0267. The van der Waals surface area contributed by atoms with Crippen LogP contribution in [0.25, 0.3) is 0 Å². The maximum Gasteiger partial charge on any atom is 0.0806 e. The molecule has 0 aliphatic carbocycles. The lowest BCUT2D eigenvalue weighted by atomic mass is 10.2. The lowest BCUT2D eigenvalue weighted by molar-refractivity contribution is 0.552. The molecule has 13 heavy (non-hydrogen) atoms. The van der Waals surface area contributed by atoms with E-state index < -0.39 is 0 Å². The van der Waals surface area contributed by atoms with Crippen molar-refractivity contribution in [1.29, 1.82) is 0 Å². The molecule has 0 aromatic carbocycles. The Hall–Kier alpha value is -1.13. The van der Waals surface area contributed by atoms with Crippen molar-refractivity contribution < 1.29 is 0 Å². The molecule has 1 aromatic rings. The van der Waals surface area contributed by atoms with E-state index in [0.717, 1.165) is 17.9 Å². The molecule has 1 aromatic heterocycles. The zero-order chi connectivity index (χ0) is 9.84. The average Bonchev–Trinajstić information content (AvgIpc) is 2.49. The van der Waals surface area contributed by atoms with Gasteiger partial charge in [0.15, 0.2) is 0 Å². The molecule has 0 amide bonds. The Kier molecular flexibility index (Phi) is 3.22. The first-order valence-electron chi connectivity index (χ1n) is 4.36. The predicted molar refractivity (Wildman–Crippen MR) is 52.9 cm³/mol. The van der Waals surface area contributed by atoms with Crippen LogP contribution < -0.4 is 11.3 Å². The van der Waals surface area contributed by atoms with Crippen LogP contribution in [0.2, 0.25) is 0 Å². The van der Waals surface area contributed by atoms with E-state index in [2.05, 4.69) is 17.1 Å². The maximum absolute atomic E-state index is 5.39. The first-order valence-corrected chi connectivity index (χ1v) is 4.36. The quantitative estimate of drug-likeness (QED) is 0.411. The second-order valence-corrected chi connectivity index (χ2v) is 2.91. The van der Waals surface area contributed by atoms with Gasteiger partial charge < -0.3 is 0 Å². The van der Waals surface area contributed by atoms with Crippen molar-refractivity contribution in [3.63, 3.8) is 0 Å². The summed E-state index contributed by atoms with van der Waals surface area (Å²) in [6.07, 6.45) is 1.77. The van der Waals surface area contributed by atoms with Gasteiger partial charge in [-0.2, -0.15) is 5.10 Å². The summed E-state index contributed by atoms with van der Waals surface area (Å²) in [5.74, 6) is 5.39. The number of hydrogen-bond donors (Lipinski definition) is 2. The summed E-state index contributed by atoms with van der Waals surface area (Å²) in [7, 11) is 0. The van der Waals surface area contributed by atoms with Gasteiger partial charge in [-0.1, -0.05) is 6.08 Å². The Bertz CT molecular complexity index is 290. The van der Waals surface area contributed by atoms with Crippen molar-refractivity contribution in [3.05, 3.63) is 30.1 Å². The molecule has 3 N–H and O–H groups in total. The van der Waals surface area contributed by atoms with Crippen molar-refractivity contribution in [2.75, 3.05) is 0 Å². The molecule has 1 atom stereocenters. The van der Waals surface area contributed by atoms with Gasteiger partial charge in [0.25, 0.3) is 0 Å². The van der Waals surface area contributed by atoms with E-state index in [1.54, 1.807) is 6.08 Å². The second-order valence-electron chi connectivity index (χ2n) is 2.91. The molecule has 72 valence electrons. The summed E-state index contributed by atoms with van der Waals surface area (Å²) in [5, 5.41) is 4.32. The van der Waals surface area contributed by atoms with Gasteiger partial charge >= 0.3 is 0 Å². The highest BCUT2D eigenvalue weighted by Crippen LogP contribution is 2.14. The van der Waals surface area contributed by atoms with Crippen LogP contribution in [0.4, 0.5) is 0 Å². The summed E-state index contributed by atoms with van der Waals surface area (Å²) in [6.45, 7) is 8.56. The predicted octanol–water partition coefficient (Wildman–Crippen LogP) is 0.902. The molecule has 1 heterocycles. The topological polar surface area (TPSA) is 55.9 Å². The highest BCUT2D eigenvalue weighted by molar-refractivity contribution is 5.17. The fraction of sp³-hybridized carbons (Fsp3) is 0.444. The van der Waals surface area contributed by atoms with Crippen LogP contribution in [0.15, 0.2) is 18.7 Å². The fourth-order valence-electron chi connectivity index (χ4n) is 1.34. The number of rotatable bonds is 4. The SMILES string of the molecule is C=CC(NN)c1cc(C)nn1CC. The summed E-state index contributed by atoms with van der Waals surface area (Å²) < 4.78 is 1.92. The Morgan fingerprint density at radius 1 is 1.85 bits per heavy atom. The van der Waals surface area contributed by atoms with E-state index in [1.807, 2.05) is 24.6 Å². The molecule has 1 rings (SSSR count). The van der Waals surface area contributed by atoms with E-state index in [9.17, 15) is 0 Å². The van der Waals surface area contributed by atoms with Crippen LogP contribution in [0, 0.1) is 6.92 Å². The van der Waals surface area contributed by atoms with Crippen LogP contribution in [0.3, 0.4) is 0 Å². The summed E-state index contributed by atoms with van der Waals surface area (Å²) in [6, 6.07) is 1.98. The average molecular weight is 180 g/mol. The van der Waals surface area contributed by atoms with E-state index in [1.165, 1.54) is 0 Å². The highest BCUT2D eigenvalue weighted by atomic mass is 15.3. The number of nitrogens with one attached hydrogen (secondary N) is 1. The van der Waals surface area contributed by atoms with E-state index >= 15 is 0 Å². The number of aryl methyl sites for hydroxylation is 2. The Morgan fingerprint density at radius 2 is 2.54 bits per heavy atom. The third kappa shape index (κ3) is 1.96. The van der Waals surface area contributed by atoms with Gasteiger partial charge in [-0.05, 0) is 19.9 Å². The van der Waals surface area contributed by atoms with Crippen LogP contribution in [0.5, 0.6) is 0 Å². The first kappa shape index (κ1) is 9.95. The lowest BCUT2D eigenvalue weighted by Gasteiger charge is -2.12. The molecule has 0 bridgehead atoms. The molecule has 4 heteroatoms. The van der Waals surface area contributed by atoms with Gasteiger partial charge in [-0.25, -0.2) is 5.43 Å². The zero-order valence-electron chi connectivity index (χ0n) is 8.12. The molecule has 0 saturated carbocycles. The normalized spacial score (nSPS) is 12.8. The van der Waals surface area contributed by atoms with Crippen molar-refractivity contribution in [1.82, 2.24) is 15.2 Å². The molecular weight excluding hydrogens is 164 g/mol. The Labute approximate surface area is 78.4 Å². The number of nitrogens with zero attached hydrogens (tertiary/aromatic N) is 2. The minimum Gasteiger partial charge on any atom is -0.271 e. The smallest absolute Gasteiger partial charge is 0.0806 e. The summed E-state index contributed by atoms with van der Waals surface area (Å²) >= 11 is 0. The number of nitrogens with two attached hydrogens (primary N) is 1. The number of aromatic nitrogens is 2. The van der Waals surface area contributed by atoms with Crippen molar-refractivity contribution in [2.24, 2.45) is 5.84 Å². The molecule has 0 saturated heterocycles. The highest BCUT2D eigenvalue weighted by Gasteiger charge is 2.11. The third-order valence-electron chi connectivity index (χ3n) is 1.97. The summed E-state index contributed by atoms with van der Waals surface area (Å²) in [4.78, 5) is 0. The summed E-state index contributed by atoms with van der Waals surface area (Å²) in [5.41, 5.74) is 4.73. The molecule has 0 aliphatic heterocycles. The minimum absolute atomic E-state index is 0.0267. The van der Waals surface area contributed by atoms with Gasteiger partial charge in [0.2, 0.25) is 0 Å². The Morgan fingerprint density at radius 3 is 3.00 bits per heavy atom. The first-order chi connectivity index (χ1) is 6.22. The maximum atomic E-state index is 5.39. The largest absolute Gasteiger partial charge is 0.271 e. The molecule has 0 aliphatic rings.